The molecule has 24 heavy (non-hydrogen) atoms. The Bertz CT molecular complexity index is 703. The minimum Gasteiger partial charge on any atom is -0.497 e. The molecule has 5 nitrogen and oxygen atoms in total. The van der Waals surface area contributed by atoms with Crippen molar-refractivity contribution in [3.63, 3.8) is 0 Å². The molecule has 0 fully saturated rings. The Hall–Kier alpha value is -2.29. The van der Waals surface area contributed by atoms with E-state index >= 15 is 0 Å². The highest BCUT2D eigenvalue weighted by Crippen LogP contribution is 2.32. The summed E-state index contributed by atoms with van der Waals surface area (Å²) < 4.78 is 42.9. The van der Waals surface area contributed by atoms with E-state index in [-0.39, 0.29) is 17.6 Å². The maximum atomic E-state index is 12.6. The van der Waals surface area contributed by atoms with Gasteiger partial charge in [-0.25, -0.2) is 4.98 Å². The highest BCUT2D eigenvalue weighted by atomic mass is 32.1. The average Bonchev–Trinajstić information content (AvgIpc) is 3.02. The number of methoxy groups -OCH3 is 1. The number of carbonyl (C=O) groups excluding carboxylic acids is 1. The Kier molecular flexibility index (Phi) is 5.66. The van der Waals surface area contributed by atoms with Gasteiger partial charge in [-0.05, 0) is 19.1 Å². The van der Waals surface area contributed by atoms with E-state index in [1.165, 1.54) is 12.0 Å². The van der Waals surface area contributed by atoms with Crippen LogP contribution in [-0.4, -0.2) is 31.1 Å². The molecule has 0 aliphatic heterocycles. The minimum atomic E-state index is -4.49. The number of rotatable bonds is 6. The number of hydrogen-bond acceptors (Lipinski definition) is 5. The molecule has 1 heterocycles. The summed E-state index contributed by atoms with van der Waals surface area (Å²) >= 11 is 0.858. The van der Waals surface area contributed by atoms with Crippen LogP contribution in [0.25, 0.3) is 0 Å². The second-order valence-electron chi connectivity index (χ2n) is 4.81. The molecule has 0 unspecified atom stereocenters. The molecule has 0 bridgehead atoms. The van der Waals surface area contributed by atoms with Crippen LogP contribution in [0.5, 0.6) is 5.75 Å². The first-order valence-corrected chi connectivity index (χ1v) is 7.93. The summed E-state index contributed by atoms with van der Waals surface area (Å²) in [4.78, 5) is 17.2. The largest absolute Gasteiger partial charge is 0.497 e. The zero-order chi connectivity index (χ0) is 17.7. The van der Waals surface area contributed by atoms with Crippen molar-refractivity contribution in [3.8, 4) is 5.75 Å². The highest BCUT2D eigenvalue weighted by molar-refractivity contribution is 7.13. The number of alkyl halides is 3. The zero-order valence-corrected chi connectivity index (χ0v) is 13.9. The van der Waals surface area contributed by atoms with Gasteiger partial charge in [0.15, 0.2) is 10.8 Å². The Labute approximate surface area is 141 Å². The Morgan fingerprint density at radius 2 is 2.17 bits per heavy atom. The van der Waals surface area contributed by atoms with Gasteiger partial charge in [0.05, 0.1) is 13.7 Å². The third-order valence-corrected chi connectivity index (χ3v) is 4.02. The number of aromatic nitrogens is 1. The molecule has 2 rings (SSSR count). The van der Waals surface area contributed by atoms with Crippen molar-refractivity contribution in [1.29, 1.82) is 0 Å². The number of nitrogens with zero attached hydrogens (tertiary/aromatic N) is 2. The van der Waals surface area contributed by atoms with Crippen LogP contribution in [0.3, 0.4) is 0 Å². The third-order valence-electron chi connectivity index (χ3n) is 3.12. The normalized spacial score (nSPS) is 11.2. The average molecular weight is 359 g/mol. The molecule has 1 aromatic heterocycles. The van der Waals surface area contributed by atoms with Gasteiger partial charge in [-0.2, -0.15) is 13.2 Å². The van der Waals surface area contributed by atoms with Crippen LogP contribution < -0.4 is 15.0 Å². The molecule has 0 aliphatic carbocycles. The standard InChI is InChI=1S/C15H16F3N3O2S/c1-3-21(14-20-12(9-24-14)15(16,17)18)8-13(22)19-10-5-4-6-11(7-10)23-2/h4-7,9H,3,8H2,1-2H3,(H,19,22). The Morgan fingerprint density at radius 3 is 2.75 bits per heavy atom. The fourth-order valence-electron chi connectivity index (χ4n) is 1.93. The summed E-state index contributed by atoms with van der Waals surface area (Å²) in [5.41, 5.74) is -0.403. The van der Waals surface area contributed by atoms with Crippen LogP contribution in [-0.2, 0) is 11.0 Å². The van der Waals surface area contributed by atoms with Gasteiger partial charge in [0.25, 0.3) is 0 Å². The van der Waals surface area contributed by atoms with E-state index in [1.807, 2.05) is 0 Å². The number of thiazole rings is 1. The van der Waals surface area contributed by atoms with E-state index < -0.39 is 11.9 Å². The van der Waals surface area contributed by atoms with Crippen LogP contribution in [0.4, 0.5) is 24.0 Å². The molecule has 130 valence electrons. The number of hydrogen-bond donors (Lipinski definition) is 1. The lowest BCUT2D eigenvalue weighted by Gasteiger charge is -2.19. The van der Waals surface area contributed by atoms with Crippen LogP contribution in [0.2, 0.25) is 0 Å². The van der Waals surface area contributed by atoms with E-state index in [4.69, 9.17) is 4.74 Å². The molecular formula is C15H16F3N3O2S. The van der Waals surface area contributed by atoms with Gasteiger partial charge in [-0.3, -0.25) is 4.79 Å². The van der Waals surface area contributed by atoms with Gasteiger partial charge >= 0.3 is 6.18 Å². The molecular weight excluding hydrogens is 343 g/mol. The first-order valence-electron chi connectivity index (χ1n) is 7.05. The van der Waals surface area contributed by atoms with E-state index in [2.05, 4.69) is 10.3 Å². The Morgan fingerprint density at radius 1 is 1.42 bits per heavy atom. The van der Waals surface area contributed by atoms with Crippen molar-refractivity contribution in [3.05, 3.63) is 35.3 Å². The molecule has 1 N–H and O–H groups in total. The predicted molar refractivity (Wildman–Crippen MR) is 86.6 cm³/mol. The molecule has 1 aromatic carbocycles. The number of likely N-dealkylation sites (N-methyl/N-ethyl adjacent to an activating group) is 1. The van der Waals surface area contributed by atoms with Crippen LogP contribution in [0, 0.1) is 0 Å². The maximum absolute atomic E-state index is 12.6. The second kappa shape index (κ2) is 7.52. The van der Waals surface area contributed by atoms with Crippen LogP contribution >= 0.6 is 11.3 Å². The van der Waals surface area contributed by atoms with Crippen molar-refractivity contribution >= 4 is 28.1 Å². The predicted octanol–water partition coefficient (Wildman–Crippen LogP) is 3.64. The van der Waals surface area contributed by atoms with Crippen molar-refractivity contribution in [1.82, 2.24) is 4.98 Å². The molecule has 2 aromatic rings. The van der Waals surface area contributed by atoms with Crippen molar-refractivity contribution in [2.45, 2.75) is 13.1 Å². The van der Waals surface area contributed by atoms with Gasteiger partial charge in [0, 0.05) is 23.7 Å². The Balaban J connectivity index is 2.04. The van der Waals surface area contributed by atoms with Crippen molar-refractivity contribution < 1.29 is 22.7 Å². The third kappa shape index (κ3) is 4.60. The van der Waals surface area contributed by atoms with Gasteiger partial charge in [-0.1, -0.05) is 6.07 Å². The van der Waals surface area contributed by atoms with Crippen molar-refractivity contribution in [2.24, 2.45) is 0 Å². The van der Waals surface area contributed by atoms with E-state index in [1.54, 1.807) is 31.2 Å². The first-order chi connectivity index (χ1) is 11.3. The highest BCUT2D eigenvalue weighted by Gasteiger charge is 2.34. The lowest BCUT2D eigenvalue weighted by atomic mass is 10.3. The summed E-state index contributed by atoms with van der Waals surface area (Å²) in [6.45, 7) is 2.00. The van der Waals surface area contributed by atoms with E-state index in [0.29, 0.717) is 18.0 Å². The molecule has 0 radical (unpaired) electrons. The summed E-state index contributed by atoms with van der Waals surface area (Å²) in [5, 5.41) is 3.78. The maximum Gasteiger partial charge on any atom is 0.434 e. The summed E-state index contributed by atoms with van der Waals surface area (Å²) in [6, 6.07) is 6.81. The smallest absolute Gasteiger partial charge is 0.434 e. The first kappa shape index (κ1) is 18.1. The van der Waals surface area contributed by atoms with Gasteiger partial charge in [-0.15, -0.1) is 11.3 Å². The number of carbonyl (C=O) groups is 1. The molecule has 0 saturated carbocycles. The molecule has 0 aliphatic rings. The molecule has 0 spiro atoms. The van der Waals surface area contributed by atoms with Crippen molar-refractivity contribution in [2.75, 3.05) is 30.4 Å². The number of amides is 1. The van der Waals surface area contributed by atoms with Gasteiger partial charge in [0.1, 0.15) is 5.75 Å². The number of benzene rings is 1. The lowest BCUT2D eigenvalue weighted by molar-refractivity contribution is -0.140. The lowest BCUT2D eigenvalue weighted by Crippen LogP contribution is -2.33. The summed E-state index contributed by atoms with van der Waals surface area (Å²) in [7, 11) is 1.51. The SMILES string of the molecule is CCN(CC(=O)Nc1cccc(OC)c1)c1nc(C(F)(F)F)cs1. The monoisotopic (exact) mass is 359 g/mol. The molecule has 0 atom stereocenters. The molecule has 0 saturated heterocycles. The van der Waals surface area contributed by atoms with E-state index in [0.717, 1.165) is 16.7 Å². The van der Waals surface area contributed by atoms with Crippen LogP contribution in [0.1, 0.15) is 12.6 Å². The molecule has 1 amide bonds. The quantitative estimate of drug-likeness (QED) is 0.856. The fraction of sp³-hybridized carbons (Fsp3) is 0.333. The summed E-state index contributed by atoms with van der Waals surface area (Å²) in [5.74, 6) is 0.240. The zero-order valence-electron chi connectivity index (χ0n) is 13.1. The minimum absolute atomic E-state index is 0.0987. The van der Waals surface area contributed by atoms with E-state index in [9.17, 15) is 18.0 Å². The molecule has 9 heteroatoms. The number of ether oxygens (including phenoxy) is 1. The second-order valence-corrected chi connectivity index (χ2v) is 5.64. The topological polar surface area (TPSA) is 54.5 Å². The van der Waals surface area contributed by atoms with Gasteiger partial charge < -0.3 is 15.0 Å². The van der Waals surface area contributed by atoms with Crippen LogP contribution in [0.15, 0.2) is 29.6 Å². The number of nitrogens with one attached hydrogen (secondary N) is 1. The van der Waals surface area contributed by atoms with Gasteiger partial charge in [0.2, 0.25) is 5.91 Å². The fourth-order valence-corrected chi connectivity index (χ4v) is 2.83. The number of halogens is 3. The number of anilines is 2. The summed E-state index contributed by atoms with van der Waals surface area (Å²) in [6.07, 6.45) is -4.49.